The molecule has 3 aromatic rings. The molecule has 0 aliphatic carbocycles. The highest BCUT2D eigenvalue weighted by Crippen LogP contribution is 2.21. The molecule has 0 saturated carbocycles. The molecule has 0 aliphatic rings. The van der Waals surface area contributed by atoms with Crippen LogP contribution in [0.15, 0.2) is 72.0 Å². The third-order valence-corrected chi connectivity index (χ3v) is 4.13. The first-order valence-electron chi connectivity index (χ1n) is 8.11. The number of nitrogens with two attached hydrogens (primary N) is 1. The van der Waals surface area contributed by atoms with E-state index in [1.165, 1.54) is 0 Å². The Morgan fingerprint density at radius 2 is 2.04 bits per heavy atom. The van der Waals surface area contributed by atoms with Crippen molar-refractivity contribution >= 4 is 47.2 Å². The van der Waals surface area contributed by atoms with E-state index in [2.05, 4.69) is 15.4 Å². The lowest BCUT2D eigenvalue weighted by molar-refractivity contribution is 0.415. The van der Waals surface area contributed by atoms with Gasteiger partial charge in [0.05, 0.1) is 19.7 Å². The molecule has 1 aromatic heterocycles. The highest BCUT2D eigenvalue weighted by Gasteiger charge is 2.14. The van der Waals surface area contributed by atoms with E-state index in [1.54, 1.807) is 13.3 Å². The molecule has 3 rings (SSSR count). The van der Waals surface area contributed by atoms with Crippen LogP contribution in [-0.2, 0) is 0 Å². The molecule has 2 aromatic carbocycles. The van der Waals surface area contributed by atoms with Crippen LogP contribution in [0.4, 0.5) is 5.69 Å². The molecule has 3 N–H and O–H groups in total. The number of nitrogens with zero attached hydrogens (tertiary/aromatic N) is 3. The predicted molar refractivity (Wildman–Crippen MR) is 120 cm³/mol. The van der Waals surface area contributed by atoms with E-state index >= 15 is 0 Å². The van der Waals surface area contributed by atoms with Crippen molar-refractivity contribution in [3.05, 3.63) is 77.6 Å². The zero-order chi connectivity index (χ0) is 18.4. The number of rotatable bonds is 6. The highest BCUT2D eigenvalue weighted by molar-refractivity contribution is 14.0. The molecule has 0 spiro atoms. The van der Waals surface area contributed by atoms with Gasteiger partial charge in [-0.1, -0.05) is 29.8 Å². The van der Waals surface area contributed by atoms with Gasteiger partial charge < -0.3 is 15.8 Å². The van der Waals surface area contributed by atoms with E-state index in [0.29, 0.717) is 17.5 Å². The lowest BCUT2D eigenvalue weighted by Crippen LogP contribution is -2.25. The van der Waals surface area contributed by atoms with Crippen LogP contribution in [0.25, 0.3) is 0 Å². The average molecular weight is 498 g/mol. The fourth-order valence-electron chi connectivity index (χ4n) is 2.56. The van der Waals surface area contributed by atoms with Crippen molar-refractivity contribution in [2.45, 2.75) is 6.04 Å². The maximum atomic E-state index is 6.05. The van der Waals surface area contributed by atoms with Crippen molar-refractivity contribution in [2.75, 3.05) is 19.0 Å². The largest absolute Gasteiger partial charge is 0.497 e. The molecule has 1 heterocycles. The molecule has 0 amide bonds. The second kappa shape index (κ2) is 10.2. The molecular weight excluding hydrogens is 477 g/mol. The number of aromatic nitrogens is 2. The van der Waals surface area contributed by atoms with E-state index in [4.69, 9.17) is 22.1 Å². The summed E-state index contributed by atoms with van der Waals surface area (Å²) in [5.74, 6) is 1.07. The van der Waals surface area contributed by atoms with Crippen molar-refractivity contribution in [1.29, 1.82) is 0 Å². The SMILES string of the molecule is COc1cccc(NC(N)=NCC(c2ccc(Cl)cc2)n2cccn2)c1.I. The molecule has 0 bridgehead atoms. The second-order valence-electron chi connectivity index (χ2n) is 5.64. The number of nitrogens with one attached hydrogen (secondary N) is 1. The number of halogens is 2. The summed E-state index contributed by atoms with van der Waals surface area (Å²) in [5, 5.41) is 8.10. The highest BCUT2D eigenvalue weighted by atomic mass is 127. The van der Waals surface area contributed by atoms with Crippen molar-refractivity contribution in [3.63, 3.8) is 0 Å². The molecule has 0 radical (unpaired) electrons. The fourth-order valence-corrected chi connectivity index (χ4v) is 2.69. The van der Waals surface area contributed by atoms with Gasteiger partial charge in [-0.15, -0.1) is 24.0 Å². The van der Waals surface area contributed by atoms with Gasteiger partial charge in [0.25, 0.3) is 0 Å². The first-order valence-corrected chi connectivity index (χ1v) is 8.49. The summed E-state index contributed by atoms with van der Waals surface area (Å²) >= 11 is 5.99. The van der Waals surface area contributed by atoms with Crippen molar-refractivity contribution in [1.82, 2.24) is 9.78 Å². The van der Waals surface area contributed by atoms with Gasteiger partial charge in [-0.25, -0.2) is 0 Å². The summed E-state index contributed by atoms with van der Waals surface area (Å²) in [5.41, 5.74) is 7.91. The number of methoxy groups -OCH3 is 1. The Morgan fingerprint density at radius 1 is 1.26 bits per heavy atom. The summed E-state index contributed by atoms with van der Waals surface area (Å²) in [6.07, 6.45) is 3.64. The number of benzene rings is 2. The van der Waals surface area contributed by atoms with E-state index in [1.807, 2.05) is 65.5 Å². The Bertz CT molecular complexity index is 868. The quantitative estimate of drug-likeness (QED) is 0.304. The normalized spacial score (nSPS) is 12.1. The minimum Gasteiger partial charge on any atom is -0.497 e. The van der Waals surface area contributed by atoms with Gasteiger partial charge >= 0.3 is 0 Å². The lowest BCUT2D eigenvalue weighted by Gasteiger charge is -2.17. The minimum absolute atomic E-state index is 0. The Labute approximate surface area is 180 Å². The number of guanidine groups is 1. The average Bonchev–Trinajstić information content (AvgIpc) is 3.18. The van der Waals surface area contributed by atoms with Crippen LogP contribution in [0.5, 0.6) is 5.75 Å². The standard InChI is InChI=1S/C19H20ClN5O.HI/c1-26-17-5-2-4-16(12-17)24-19(21)22-13-18(25-11-3-10-23-25)14-6-8-15(20)9-7-14;/h2-12,18H,13H2,1H3,(H3,21,22,24);1H. The summed E-state index contributed by atoms with van der Waals surface area (Å²) in [6.45, 7) is 0.437. The molecule has 1 atom stereocenters. The van der Waals surface area contributed by atoms with Crippen LogP contribution in [-0.4, -0.2) is 29.4 Å². The van der Waals surface area contributed by atoms with Crippen LogP contribution in [0, 0.1) is 0 Å². The Hall–Kier alpha value is -2.26. The van der Waals surface area contributed by atoms with Crippen LogP contribution in [0.2, 0.25) is 5.02 Å². The Balaban J connectivity index is 0.00000261. The van der Waals surface area contributed by atoms with Gasteiger partial charge in [0.2, 0.25) is 0 Å². The summed E-state index contributed by atoms with van der Waals surface area (Å²) in [4.78, 5) is 4.48. The maximum absolute atomic E-state index is 6.05. The van der Waals surface area contributed by atoms with E-state index < -0.39 is 0 Å². The van der Waals surface area contributed by atoms with Gasteiger partial charge in [0.15, 0.2) is 5.96 Å². The second-order valence-corrected chi connectivity index (χ2v) is 6.07. The predicted octanol–water partition coefficient (Wildman–Crippen LogP) is 4.18. The molecule has 0 saturated heterocycles. The Kier molecular flexibility index (Phi) is 7.93. The lowest BCUT2D eigenvalue weighted by atomic mass is 10.1. The van der Waals surface area contributed by atoms with Gasteiger partial charge in [-0.05, 0) is 35.9 Å². The van der Waals surface area contributed by atoms with Crippen LogP contribution in [0.3, 0.4) is 0 Å². The smallest absolute Gasteiger partial charge is 0.193 e. The van der Waals surface area contributed by atoms with Crippen molar-refractivity contribution in [3.8, 4) is 5.75 Å². The van der Waals surface area contributed by atoms with Gasteiger partial charge in [-0.3, -0.25) is 9.67 Å². The molecule has 27 heavy (non-hydrogen) atoms. The van der Waals surface area contributed by atoms with E-state index in [0.717, 1.165) is 17.0 Å². The number of hydrogen-bond donors (Lipinski definition) is 2. The first-order chi connectivity index (χ1) is 12.7. The molecule has 0 aliphatic heterocycles. The zero-order valence-corrected chi connectivity index (χ0v) is 17.8. The molecule has 142 valence electrons. The Morgan fingerprint density at radius 3 is 2.70 bits per heavy atom. The zero-order valence-electron chi connectivity index (χ0n) is 14.7. The molecule has 1 unspecified atom stereocenters. The van der Waals surface area contributed by atoms with Crippen LogP contribution >= 0.6 is 35.6 Å². The van der Waals surface area contributed by atoms with Crippen LogP contribution in [0.1, 0.15) is 11.6 Å². The minimum atomic E-state index is -0.0760. The summed E-state index contributed by atoms with van der Waals surface area (Å²) in [6, 6.07) is 17.0. The van der Waals surface area contributed by atoms with E-state index in [9.17, 15) is 0 Å². The van der Waals surface area contributed by atoms with Gasteiger partial charge in [-0.2, -0.15) is 5.10 Å². The molecule has 6 nitrogen and oxygen atoms in total. The number of aliphatic imine (C=N–C) groups is 1. The first kappa shape index (κ1) is 21.0. The van der Waals surface area contributed by atoms with Gasteiger partial charge in [0.1, 0.15) is 5.75 Å². The number of ether oxygens (including phenoxy) is 1. The summed E-state index contributed by atoms with van der Waals surface area (Å²) < 4.78 is 7.06. The third-order valence-electron chi connectivity index (χ3n) is 3.88. The monoisotopic (exact) mass is 497 g/mol. The number of anilines is 1. The molecule has 8 heteroatoms. The third kappa shape index (κ3) is 5.86. The topological polar surface area (TPSA) is 77.5 Å². The molecule has 0 fully saturated rings. The van der Waals surface area contributed by atoms with Gasteiger partial charge in [0, 0.05) is 29.2 Å². The van der Waals surface area contributed by atoms with Crippen molar-refractivity contribution in [2.24, 2.45) is 10.7 Å². The van der Waals surface area contributed by atoms with Crippen LogP contribution < -0.4 is 15.8 Å². The van der Waals surface area contributed by atoms with Crippen molar-refractivity contribution < 1.29 is 4.74 Å². The summed E-state index contributed by atoms with van der Waals surface area (Å²) in [7, 11) is 1.62. The fraction of sp³-hybridized carbons (Fsp3) is 0.158. The molecular formula is C19H21ClIN5O. The maximum Gasteiger partial charge on any atom is 0.193 e. The number of hydrogen-bond acceptors (Lipinski definition) is 3. The van der Waals surface area contributed by atoms with E-state index in [-0.39, 0.29) is 30.0 Å².